The second-order valence-corrected chi connectivity index (χ2v) is 6.98. The van der Waals surface area contributed by atoms with Crippen LogP contribution in [-0.2, 0) is 32.0 Å². The Labute approximate surface area is 169 Å². The zero-order valence-corrected chi connectivity index (χ0v) is 16.7. The van der Waals surface area contributed by atoms with Gasteiger partial charge < -0.3 is 19.5 Å². The highest BCUT2D eigenvalue weighted by molar-refractivity contribution is 5.80. The molecule has 1 aromatic heterocycles. The molecule has 0 fully saturated rings. The monoisotopic (exact) mass is 402 g/mol. The third-order valence-corrected chi connectivity index (χ3v) is 5.11. The van der Waals surface area contributed by atoms with Crippen molar-refractivity contribution in [3.05, 3.63) is 47.3 Å². The van der Waals surface area contributed by atoms with Crippen molar-refractivity contribution in [2.45, 2.75) is 38.0 Å². The molecule has 0 radical (unpaired) electrons. The van der Waals surface area contributed by atoms with Gasteiger partial charge in [-0.2, -0.15) is 0 Å². The van der Waals surface area contributed by atoms with Crippen LogP contribution in [0.4, 0.5) is 0 Å². The number of carbonyl (C=O) groups excluding carboxylic acids is 1. The summed E-state index contributed by atoms with van der Waals surface area (Å²) in [6, 6.07) is 9.96. The van der Waals surface area contributed by atoms with Crippen molar-refractivity contribution < 1.29 is 24.2 Å². The normalized spacial score (nSPS) is 19.3. The summed E-state index contributed by atoms with van der Waals surface area (Å²) >= 11 is 0. The minimum absolute atomic E-state index is 0.0447. The van der Waals surface area contributed by atoms with Crippen molar-refractivity contribution in [3.63, 3.8) is 0 Å². The number of methoxy groups -OCH3 is 2. The van der Waals surface area contributed by atoms with E-state index in [9.17, 15) is 9.59 Å². The van der Waals surface area contributed by atoms with Crippen molar-refractivity contribution >= 4 is 11.9 Å². The fraction of sp³-hybridized carbons (Fsp3) is 0.500. The number of fused-ring (bicyclic) bond motifs is 1. The molecular formula is C20H26N4O5. The number of amides is 1. The molecule has 2 aromatic rings. The largest absolute Gasteiger partial charge is 0.481 e. The summed E-state index contributed by atoms with van der Waals surface area (Å²) in [6.45, 7) is 1.29. The van der Waals surface area contributed by atoms with E-state index in [1.807, 2.05) is 35.0 Å². The van der Waals surface area contributed by atoms with Gasteiger partial charge in [-0.25, -0.2) is 4.68 Å². The molecule has 9 nitrogen and oxygen atoms in total. The lowest BCUT2D eigenvalue weighted by Gasteiger charge is -2.33. The molecular weight excluding hydrogens is 376 g/mol. The van der Waals surface area contributed by atoms with Crippen LogP contribution in [0.3, 0.4) is 0 Å². The van der Waals surface area contributed by atoms with Gasteiger partial charge >= 0.3 is 5.97 Å². The van der Waals surface area contributed by atoms with Crippen molar-refractivity contribution in [1.29, 1.82) is 0 Å². The third kappa shape index (κ3) is 4.99. The van der Waals surface area contributed by atoms with Gasteiger partial charge in [-0.05, 0) is 5.56 Å². The Morgan fingerprint density at radius 2 is 1.93 bits per heavy atom. The number of carbonyl (C=O) groups is 2. The summed E-state index contributed by atoms with van der Waals surface area (Å²) in [4.78, 5) is 24.9. The summed E-state index contributed by atoms with van der Waals surface area (Å²) < 4.78 is 13.3. The van der Waals surface area contributed by atoms with Crippen molar-refractivity contribution in [3.8, 4) is 0 Å². The highest BCUT2D eigenvalue weighted by atomic mass is 16.5. The van der Waals surface area contributed by atoms with E-state index in [2.05, 4.69) is 10.3 Å². The van der Waals surface area contributed by atoms with E-state index >= 15 is 0 Å². The molecule has 0 aliphatic carbocycles. The Morgan fingerprint density at radius 3 is 2.59 bits per heavy atom. The van der Waals surface area contributed by atoms with Gasteiger partial charge in [0.1, 0.15) is 12.2 Å². The zero-order valence-electron chi connectivity index (χ0n) is 16.7. The summed E-state index contributed by atoms with van der Waals surface area (Å²) in [6.07, 6.45) is -0.611. The smallest absolute Gasteiger partial charge is 0.303 e. The van der Waals surface area contributed by atoms with E-state index in [0.717, 1.165) is 17.0 Å². The van der Waals surface area contributed by atoms with Crippen LogP contribution < -0.4 is 0 Å². The average molecular weight is 402 g/mol. The zero-order chi connectivity index (χ0) is 20.8. The predicted octanol–water partition coefficient (Wildman–Crippen LogP) is 1.28. The maximum Gasteiger partial charge on any atom is 0.303 e. The number of hydrogen-bond acceptors (Lipinski definition) is 6. The van der Waals surface area contributed by atoms with Gasteiger partial charge in [-0.3, -0.25) is 9.59 Å². The lowest BCUT2D eigenvalue weighted by atomic mass is 10.0. The Hall–Kier alpha value is -2.78. The first kappa shape index (κ1) is 20.9. The van der Waals surface area contributed by atoms with E-state index in [0.29, 0.717) is 26.1 Å². The van der Waals surface area contributed by atoms with E-state index in [4.69, 9.17) is 14.6 Å². The third-order valence-electron chi connectivity index (χ3n) is 5.11. The molecule has 156 valence electrons. The molecule has 0 saturated carbocycles. The number of ether oxygens (including phenoxy) is 2. The number of benzene rings is 1. The molecule has 1 aliphatic heterocycles. The number of hydrogen-bond donors (Lipinski definition) is 1. The lowest BCUT2D eigenvalue weighted by Crippen LogP contribution is -2.44. The minimum Gasteiger partial charge on any atom is -0.481 e. The molecule has 3 rings (SSSR count). The molecule has 1 aromatic carbocycles. The van der Waals surface area contributed by atoms with E-state index in [1.54, 1.807) is 19.1 Å². The standard InChI is InChI=1S/C20H26N4O5/c1-28-16-13-23(17(25)8-9-18(26)27)11-10-15-19(20(16)29-2)24(22-21-15)12-14-6-4-3-5-7-14/h3-7,16,20H,8-13H2,1-2H3,(H,26,27)/t16-,20+/m0/s1. The Kier molecular flexibility index (Phi) is 6.95. The van der Waals surface area contributed by atoms with Crippen LogP contribution >= 0.6 is 0 Å². The van der Waals surface area contributed by atoms with Crippen molar-refractivity contribution in [2.75, 3.05) is 27.3 Å². The van der Waals surface area contributed by atoms with Gasteiger partial charge in [0, 0.05) is 40.2 Å². The van der Waals surface area contributed by atoms with Crippen LogP contribution in [0, 0.1) is 0 Å². The minimum atomic E-state index is -0.991. The van der Waals surface area contributed by atoms with Crippen molar-refractivity contribution in [2.24, 2.45) is 0 Å². The SMILES string of the molecule is CO[C@H]1CN(C(=O)CCC(=O)O)CCc2nnn(Cc3ccccc3)c2[C@@H]1OC. The van der Waals surface area contributed by atoms with Crippen LogP contribution in [0.15, 0.2) is 30.3 Å². The maximum absolute atomic E-state index is 12.5. The van der Waals surface area contributed by atoms with Gasteiger partial charge in [-0.15, -0.1) is 5.10 Å². The Balaban J connectivity index is 1.86. The molecule has 9 heteroatoms. The quantitative estimate of drug-likeness (QED) is 0.743. The maximum atomic E-state index is 12.5. The number of rotatable bonds is 7. The summed E-state index contributed by atoms with van der Waals surface area (Å²) in [5.41, 5.74) is 2.70. The summed E-state index contributed by atoms with van der Waals surface area (Å²) in [5.74, 6) is -1.21. The number of carboxylic acid groups (broad SMARTS) is 1. The van der Waals surface area contributed by atoms with Gasteiger partial charge in [-0.1, -0.05) is 35.5 Å². The fourth-order valence-corrected chi connectivity index (χ4v) is 3.60. The second kappa shape index (κ2) is 9.62. The first-order valence-corrected chi connectivity index (χ1v) is 9.54. The lowest BCUT2D eigenvalue weighted by molar-refractivity contribution is -0.142. The molecule has 2 atom stereocenters. The number of aliphatic carboxylic acids is 1. The van der Waals surface area contributed by atoms with Gasteiger partial charge in [0.25, 0.3) is 0 Å². The molecule has 1 N–H and O–H groups in total. The molecule has 0 unspecified atom stereocenters. The number of aromatic nitrogens is 3. The van der Waals surface area contributed by atoms with E-state index in [1.165, 1.54) is 0 Å². The molecule has 1 aliphatic rings. The summed E-state index contributed by atoms with van der Waals surface area (Å²) in [7, 11) is 3.17. The Bertz CT molecular complexity index is 839. The average Bonchev–Trinajstić information content (AvgIpc) is 3.09. The Morgan fingerprint density at radius 1 is 1.17 bits per heavy atom. The van der Waals surface area contributed by atoms with Gasteiger partial charge in [0.15, 0.2) is 0 Å². The fourth-order valence-electron chi connectivity index (χ4n) is 3.60. The molecule has 29 heavy (non-hydrogen) atoms. The van der Waals surface area contributed by atoms with E-state index in [-0.39, 0.29) is 18.7 Å². The summed E-state index contributed by atoms with van der Waals surface area (Å²) in [5, 5.41) is 17.5. The van der Waals surface area contributed by atoms with Crippen LogP contribution in [0.2, 0.25) is 0 Å². The van der Waals surface area contributed by atoms with Crippen LogP contribution in [0.25, 0.3) is 0 Å². The highest BCUT2D eigenvalue weighted by Crippen LogP contribution is 2.29. The van der Waals surface area contributed by atoms with Gasteiger partial charge in [0.05, 0.1) is 24.4 Å². The van der Waals surface area contributed by atoms with Crippen LogP contribution in [0.1, 0.15) is 35.9 Å². The number of carboxylic acids is 1. The highest BCUT2D eigenvalue weighted by Gasteiger charge is 2.35. The van der Waals surface area contributed by atoms with Crippen molar-refractivity contribution in [1.82, 2.24) is 19.9 Å². The number of nitrogens with zero attached hydrogens (tertiary/aromatic N) is 4. The first-order valence-electron chi connectivity index (χ1n) is 9.54. The second-order valence-electron chi connectivity index (χ2n) is 6.98. The molecule has 1 amide bonds. The van der Waals surface area contributed by atoms with Gasteiger partial charge in [0.2, 0.25) is 5.91 Å². The topological polar surface area (TPSA) is 107 Å². The molecule has 0 saturated heterocycles. The molecule has 0 bridgehead atoms. The molecule has 2 heterocycles. The first-order chi connectivity index (χ1) is 14.0. The van der Waals surface area contributed by atoms with Crippen LogP contribution in [-0.4, -0.2) is 70.3 Å². The molecule has 0 spiro atoms. The van der Waals surface area contributed by atoms with Crippen LogP contribution in [0.5, 0.6) is 0 Å². The predicted molar refractivity (Wildman–Crippen MR) is 103 cm³/mol. The van der Waals surface area contributed by atoms with E-state index < -0.39 is 18.2 Å².